The van der Waals surface area contributed by atoms with E-state index in [-0.39, 0.29) is 99.1 Å². The molecule has 0 fully saturated rings. The number of halogens is 1. The molecule has 19 heteroatoms. The monoisotopic (exact) mass is 1910 g/mol. The van der Waals surface area contributed by atoms with Gasteiger partial charge in [-0.15, -0.1) is 0 Å². The fraction of sp³-hybridized carbons (Fsp3) is 0.228. The molecule has 0 saturated carbocycles. The SMILES string of the molecule is [C-]#[N+]C1=C[C@@]2(C)c3c(c(-c4ccc(C)cc4)nn3-c3ccc(-c4ccccc4)cc3)CC[C@@H]2[C@@H](C)C1=O.[C-]#[N+]C1=C[C@@]2(C)c3c(c(-c4ccccc4)nn3-c3ccc(-c4ccccc4)cc3)CC[C@@H]2[C@@H](C)C1=O.[C-]#[N+]C1=C[C@@]2(C)c3c(c(-c4ccccc4F)nn3-c3ccc(-c4ccccc4)cc3)CC[C@@H]2[C@@H](C)C1=O.[C-]#[N+]C1=C[C@@]2(C)c3c(c(-c4ccccn4)nn3-c3ccc(-c4ccccc4)nc3)CC[C@@H]2[C@@H](C)C1=O. The smallest absolute Gasteiger partial charge is 0.226 e. The van der Waals surface area contributed by atoms with Crippen LogP contribution in [0.3, 0.4) is 0 Å². The second kappa shape index (κ2) is 38.6. The molecule has 24 rings (SSSR count). The topological polar surface area (TPSA) is 183 Å². The summed E-state index contributed by atoms with van der Waals surface area (Å²) in [5.74, 6) is -1.02. The largest absolute Gasteiger partial charge is 0.308 e. The lowest BCUT2D eigenvalue weighted by Gasteiger charge is -2.45. The Bertz CT molecular complexity index is 7900. The molecule has 0 aliphatic heterocycles. The number of aryl methyl sites for hydroxylation is 1. The third-order valence-electron chi connectivity index (χ3n) is 32.3. The molecule has 10 aromatic carbocycles. The van der Waals surface area contributed by atoms with E-state index >= 15 is 4.39 Å². The van der Waals surface area contributed by atoms with Gasteiger partial charge in [-0.1, -0.05) is 316 Å². The van der Waals surface area contributed by atoms with Gasteiger partial charge in [-0.2, -0.15) is 20.4 Å². The fourth-order valence-electron chi connectivity index (χ4n) is 24.9. The number of benzene rings is 10. The molecule has 0 bridgehead atoms. The predicted molar refractivity (Wildman–Crippen MR) is 570 cm³/mol. The third kappa shape index (κ3) is 16.6. The van der Waals surface area contributed by atoms with Gasteiger partial charge in [-0.05, 0) is 188 Å². The maximum Gasteiger partial charge on any atom is 0.226 e. The van der Waals surface area contributed by atoms with Gasteiger partial charge < -0.3 is 19.2 Å². The Morgan fingerprint density at radius 1 is 0.295 bits per heavy atom. The molecule has 0 spiro atoms. The van der Waals surface area contributed by atoms with Crippen molar-refractivity contribution < 1.29 is 23.6 Å². The zero-order valence-corrected chi connectivity index (χ0v) is 82.9. The lowest BCUT2D eigenvalue weighted by molar-refractivity contribution is -0.122. The molecule has 12 atom stereocenters. The van der Waals surface area contributed by atoms with Crippen LogP contribution in [0.4, 0.5) is 4.39 Å². The first kappa shape index (κ1) is 95.1. The van der Waals surface area contributed by atoms with Gasteiger partial charge in [0.25, 0.3) is 0 Å². The minimum Gasteiger partial charge on any atom is -0.308 e. The number of carbonyl (C=O) groups is 4. The molecule has 0 unspecified atom stereocenters. The number of ketones is 4. The first-order chi connectivity index (χ1) is 70.8. The van der Waals surface area contributed by atoms with Crippen molar-refractivity contribution in [1.82, 2.24) is 49.1 Å². The van der Waals surface area contributed by atoms with Gasteiger partial charge in [0.05, 0.1) is 106 Å². The number of nitrogens with zero attached hydrogens (tertiary/aromatic N) is 14. The first-order valence-corrected chi connectivity index (χ1v) is 50.2. The summed E-state index contributed by atoms with van der Waals surface area (Å²) in [5.41, 5.74) is 28.2. The van der Waals surface area contributed by atoms with Crippen molar-refractivity contribution >= 4 is 23.1 Å². The van der Waals surface area contributed by atoms with E-state index in [0.29, 0.717) is 17.7 Å². The summed E-state index contributed by atoms with van der Waals surface area (Å²) in [6, 6.07) is 102. The predicted octanol–water partition coefficient (Wildman–Crippen LogP) is 27.4. The second-order valence-corrected chi connectivity index (χ2v) is 40.7. The van der Waals surface area contributed by atoms with Gasteiger partial charge in [0.1, 0.15) is 11.5 Å². The van der Waals surface area contributed by atoms with Crippen LogP contribution in [0.15, 0.2) is 363 Å². The zero-order chi connectivity index (χ0) is 101. The summed E-state index contributed by atoms with van der Waals surface area (Å²) in [6.07, 6.45) is 17.9. The lowest BCUT2D eigenvalue weighted by atomic mass is 9.58. The van der Waals surface area contributed by atoms with E-state index < -0.39 is 21.7 Å². The van der Waals surface area contributed by atoms with Crippen LogP contribution in [0.2, 0.25) is 0 Å². The Labute approximate surface area is 850 Å². The summed E-state index contributed by atoms with van der Waals surface area (Å²) in [6.45, 7) is 49.3. The van der Waals surface area contributed by atoms with Crippen molar-refractivity contribution in [2.24, 2.45) is 47.3 Å². The van der Waals surface area contributed by atoms with E-state index in [1.165, 1.54) is 33.9 Å². The number of Topliss-reactive ketones (excluding diaryl/α,β-unsaturated/α-hetero) is 4. The highest BCUT2D eigenvalue weighted by atomic mass is 19.1. The van der Waals surface area contributed by atoms with Crippen LogP contribution in [0, 0.1) is 86.4 Å². The number of hydrogen-bond donors (Lipinski definition) is 0. The minimum atomic E-state index is -0.588. The number of aromatic nitrogens is 10. The van der Waals surface area contributed by atoms with E-state index in [1.54, 1.807) is 18.3 Å². The molecular formula is C127H107FN14O4. The summed E-state index contributed by atoms with van der Waals surface area (Å²) >= 11 is 0. The molecule has 16 aromatic rings. The molecule has 8 aliphatic rings. The van der Waals surface area contributed by atoms with Gasteiger partial charge >= 0.3 is 0 Å². The molecule has 0 N–H and O–H groups in total. The van der Waals surface area contributed by atoms with Gasteiger partial charge in [-0.25, -0.2) is 42.5 Å². The number of pyridine rings is 2. The summed E-state index contributed by atoms with van der Waals surface area (Å²) in [4.78, 5) is 75.5. The number of rotatable bonds is 12. The van der Waals surface area contributed by atoms with Crippen LogP contribution >= 0.6 is 0 Å². The van der Waals surface area contributed by atoms with Crippen LogP contribution in [-0.4, -0.2) is 72.2 Å². The van der Waals surface area contributed by atoms with Crippen molar-refractivity contribution in [1.29, 1.82) is 0 Å². The quantitative estimate of drug-likeness (QED) is 0.107. The molecular weight excluding hydrogens is 1800 g/mol. The molecule has 716 valence electrons. The van der Waals surface area contributed by atoms with E-state index in [4.69, 9.17) is 51.7 Å². The highest BCUT2D eigenvalue weighted by Gasteiger charge is 2.56. The number of fused-ring (bicyclic) bond motifs is 12. The van der Waals surface area contributed by atoms with Crippen LogP contribution in [0.1, 0.15) is 132 Å². The summed E-state index contributed by atoms with van der Waals surface area (Å²) in [5, 5.41) is 20.5. The normalized spacial score (nSPS) is 22.7. The molecule has 8 aliphatic carbocycles. The molecule has 18 nitrogen and oxygen atoms in total. The highest BCUT2D eigenvalue weighted by molar-refractivity contribution is 6.03. The molecule has 0 saturated heterocycles. The van der Waals surface area contributed by atoms with E-state index in [2.05, 4.69) is 214 Å². The highest BCUT2D eigenvalue weighted by Crippen LogP contribution is 2.58. The van der Waals surface area contributed by atoms with Crippen LogP contribution in [0.25, 0.3) is 132 Å². The van der Waals surface area contributed by atoms with E-state index in [0.717, 1.165) is 169 Å². The Hall–Kier alpha value is -17.1. The Kier molecular flexibility index (Phi) is 25.1. The van der Waals surface area contributed by atoms with Gasteiger partial charge in [0, 0.05) is 96.0 Å². The van der Waals surface area contributed by atoms with Crippen LogP contribution < -0.4 is 0 Å². The first-order valence-electron chi connectivity index (χ1n) is 50.2. The third-order valence-corrected chi connectivity index (χ3v) is 32.3. The fourth-order valence-corrected chi connectivity index (χ4v) is 24.9. The lowest BCUT2D eigenvalue weighted by Crippen LogP contribution is -2.46. The van der Waals surface area contributed by atoms with Crippen LogP contribution in [0.5, 0.6) is 0 Å². The van der Waals surface area contributed by atoms with Gasteiger partial charge in [-0.3, -0.25) is 9.97 Å². The van der Waals surface area contributed by atoms with E-state index in [9.17, 15) is 19.2 Å². The molecule has 146 heavy (non-hydrogen) atoms. The van der Waals surface area contributed by atoms with Crippen molar-refractivity contribution in [2.45, 2.75) is 135 Å². The Morgan fingerprint density at radius 2 is 0.575 bits per heavy atom. The zero-order valence-electron chi connectivity index (χ0n) is 82.9. The van der Waals surface area contributed by atoms with Crippen LogP contribution in [-0.2, 0) is 66.5 Å². The minimum absolute atomic E-state index is 0.0297. The van der Waals surface area contributed by atoms with Gasteiger partial charge in [0.2, 0.25) is 22.8 Å². The molecule has 6 aromatic heterocycles. The maximum atomic E-state index is 15.0. The summed E-state index contributed by atoms with van der Waals surface area (Å²) < 4.78 is 23.0. The Morgan fingerprint density at radius 3 is 0.911 bits per heavy atom. The van der Waals surface area contributed by atoms with Crippen molar-refractivity contribution in [3.8, 4) is 113 Å². The number of allylic oxidation sites excluding steroid dienone is 8. The van der Waals surface area contributed by atoms with Crippen molar-refractivity contribution in [3.63, 3.8) is 0 Å². The molecule has 0 radical (unpaired) electrons. The van der Waals surface area contributed by atoms with E-state index in [1.807, 2.05) is 207 Å². The number of hydrogen-bond acceptors (Lipinski definition) is 10. The average molecular weight is 1910 g/mol. The molecule has 0 amide bonds. The average Bonchev–Trinajstić information content (AvgIpc) is 1.51. The van der Waals surface area contributed by atoms with Crippen molar-refractivity contribution in [2.75, 3.05) is 0 Å². The number of carbonyl (C=O) groups excluding carboxylic acids is 4. The molecule has 6 heterocycles. The summed E-state index contributed by atoms with van der Waals surface area (Å²) in [7, 11) is 0. The van der Waals surface area contributed by atoms with Crippen molar-refractivity contribution in [3.05, 3.63) is 465 Å². The standard InChI is InChI=1S/C33H29N3O.C32H26FN3O.C32H27N3O.C30H25N5O/c1-21-10-12-25(13-11-21)30-27-18-19-28-22(2)31(37)29(34-4)20-33(28,3)32(27)36(35-30)26-16-14-24(15-17-26)23-8-6-5-7-9-23;1-20-26-18-17-25-29(24-11-7-8-12-27(24)33)35-36(31(25)32(26,2)19-28(34-3)30(20)37)23-15-13-22(14-16-23)21-9-5-4-6-10-21;1-21-27-19-18-26-29(24-12-8-5-9-13-24)34-35(31(26)32(27,2)20-28(33-3)30(21)36)25-16-14-23(15-17-25)22-10-6-4-7-11-22;1-19-23-14-13-22-27(25-11-7-8-16-32-25)34-35(29(22)30(23,2)17-26(31-3)28(19)36)21-12-15-24(33-18-21)20-9-5-4-6-10-20/h5-17,20,22,28H,18-19H2,1-3H3;4-16,19-20,26H,17-18H2,1-2H3;4-17,20-21,27H,18-19H2,1-2H3;4-12,15-19,23H,13-14H2,1-2H3/t22-,28-,33-;20-,26-,32-;21-,27-,32-;19-,23-,30-/m1111/s1. The second-order valence-electron chi connectivity index (χ2n) is 40.7. The maximum absolute atomic E-state index is 15.0. The Balaban J connectivity index is 0.000000114. The van der Waals surface area contributed by atoms with Gasteiger partial charge in [0.15, 0.2) is 23.1 Å².